The second kappa shape index (κ2) is 11.8. The zero-order valence-corrected chi connectivity index (χ0v) is 24.1. The van der Waals surface area contributed by atoms with Crippen molar-refractivity contribution >= 4 is 24.5 Å². The van der Waals surface area contributed by atoms with Gasteiger partial charge in [-0.3, -0.25) is 4.79 Å². The van der Waals surface area contributed by atoms with Crippen molar-refractivity contribution in [2.75, 3.05) is 0 Å². The lowest BCUT2D eigenvalue weighted by Gasteiger charge is -2.47. The summed E-state index contributed by atoms with van der Waals surface area (Å²) in [5, 5.41) is 2.41. The summed E-state index contributed by atoms with van der Waals surface area (Å²) in [5.74, 6) is 0.110. The number of hydrogen-bond acceptors (Lipinski definition) is 3. The molecule has 0 saturated carbocycles. The second-order valence-corrected chi connectivity index (χ2v) is 15.8. The molecule has 0 radical (unpaired) electrons. The molecule has 39 heavy (non-hydrogen) atoms. The molecule has 3 nitrogen and oxygen atoms in total. The number of benzene rings is 4. The molecule has 4 aromatic rings. The summed E-state index contributed by atoms with van der Waals surface area (Å²) in [7, 11) is -2.74. The molecule has 3 atom stereocenters. The first kappa shape index (κ1) is 27.3. The molecule has 0 spiro atoms. The molecule has 0 aliphatic carbocycles. The van der Waals surface area contributed by atoms with Crippen molar-refractivity contribution in [2.24, 2.45) is 0 Å². The minimum Gasteiger partial charge on any atom is -0.404 e. The van der Waals surface area contributed by atoms with Crippen molar-refractivity contribution in [3.63, 3.8) is 0 Å². The van der Waals surface area contributed by atoms with Gasteiger partial charge in [-0.15, -0.1) is 0 Å². The van der Waals surface area contributed by atoms with Gasteiger partial charge in [0.25, 0.3) is 8.32 Å². The Morgan fingerprint density at radius 3 is 1.74 bits per heavy atom. The molecule has 0 amide bonds. The van der Waals surface area contributed by atoms with Crippen LogP contribution in [-0.2, 0) is 9.16 Å². The maximum Gasteiger partial charge on any atom is 0.261 e. The lowest BCUT2D eigenvalue weighted by Crippen LogP contribution is -2.68. The molecule has 4 heteroatoms. The molecule has 200 valence electrons. The predicted molar refractivity (Wildman–Crippen MR) is 161 cm³/mol. The third-order valence-corrected chi connectivity index (χ3v) is 12.9. The maximum absolute atomic E-state index is 13.2. The molecular weight excluding hydrogens is 496 g/mol. The predicted octanol–water partition coefficient (Wildman–Crippen LogP) is 7.12. The first-order valence-corrected chi connectivity index (χ1v) is 15.8. The van der Waals surface area contributed by atoms with Gasteiger partial charge in [-0.25, -0.2) is 0 Å². The molecule has 1 saturated heterocycles. The van der Waals surface area contributed by atoms with Crippen LogP contribution in [0.1, 0.15) is 62.1 Å². The second-order valence-electron chi connectivity index (χ2n) is 11.5. The molecule has 1 fully saturated rings. The Balaban J connectivity index is 1.52. The zero-order chi connectivity index (χ0) is 27.3. The van der Waals surface area contributed by atoms with Gasteiger partial charge in [0.15, 0.2) is 5.78 Å². The van der Waals surface area contributed by atoms with E-state index in [-0.39, 0.29) is 29.1 Å². The first-order valence-electron chi connectivity index (χ1n) is 13.9. The summed E-state index contributed by atoms with van der Waals surface area (Å²) < 4.78 is 14.2. The van der Waals surface area contributed by atoms with Gasteiger partial charge in [0.2, 0.25) is 0 Å². The van der Waals surface area contributed by atoms with Crippen LogP contribution in [0.25, 0.3) is 0 Å². The number of rotatable bonds is 8. The van der Waals surface area contributed by atoms with Gasteiger partial charge in [0.05, 0.1) is 18.3 Å². The van der Waals surface area contributed by atoms with Crippen LogP contribution in [0.3, 0.4) is 0 Å². The Morgan fingerprint density at radius 1 is 0.744 bits per heavy atom. The quantitative estimate of drug-likeness (QED) is 0.178. The molecule has 1 aliphatic rings. The molecular formula is C35H38O3Si. The molecule has 1 heterocycles. The number of hydrogen-bond donors (Lipinski definition) is 0. The van der Waals surface area contributed by atoms with E-state index in [2.05, 4.69) is 106 Å². The van der Waals surface area contributed by atoms with Crippen molar-refractivity contribution in [1.29, 1.82) is 0 Å². The average Bonchev–Trinajstić information content (AvgIpc) is 2.97. The normalized spacial score (nSPS) is 19.9. The van der Waals surface area contributed by atoms with E-state index >= 15 is 0 Å². The van der Waals surface area contributed by atoms with Gasteiger partial charge in [-0.05, 0) is 27.4 Å². The van der Waals surface area contributed by atoms with E-state index < -0.39 is 8.32 Å². The summed E-state index contributed by atoms with van der Waals surface area (Å²) in [5.41, 5.74) is 1.86. The minimum absolute atomic E-state index is 0.0520. The third-order valence-electron chi connectivity index (χ3n) is 7.80. The summed E-state index contributed by atoms with van der Waals surface area (Å²) in [6, 6.07) is 41.4. The highest BCUT2D eigenvalue weighted by Gasteiger charge is 2.52. The van der Waals surface area contributed by atoms with Gasteiger partial charge in [-0.1, -0.05) is 142 Å². The number of ketones is 1. The summed E-state index contributed by atoms with van der Waals surface area (Å²) in [6.45, 7) is 6.93. The number of ether oxygens (including phenoxy) is 1. The Bertz CT molecular complexity index is 1300. The summed E-state index contributed by atoms with van der Waals surface area (Å²) in [6.07, 6.45) is 1.38. The van der Waals surface area contributed by atoms with Crippen LogP contribution in [0.15, 0.2) is 121 Å². The van der Waals surface area contributed by atoms with Gasteiger partial charge >= 0.3 is 0 Å². The number of carbonyl (C=O) groups is 1. The summed E-state index contributed by atoms with van der Waals surface area (Å²) >= 11 is 0. The van der Waals surface area contributed by atoms with Crippen molar-refractivity contribution in [2.45, 2.75) is 63.4 Å². The van der Waals surface area contributed by atoms with E-state index in [0.717, 1.165) is 17.5 Å². The van der Waals surface area contributed by atoms with E-state index in [1.54, 1.807) is 0 Å². The molecule has 4 aromatic carbocycles. The fourth-order valence-corrected chi connectivity index (χ4v) is 10.7. The van der Waals surface area contributed by atoms with Crippen molar-refractivity contribution in [3.8, 4) is 0 Å². The number of Topliss-reactive ketones (excluding diaryl/α,β-unsaturated/α-hetero) is 1. The van der Waals surface area contributed by atoms with E-state index in [1.165, 1.54) is 10.4 Å². The molecule has 0 aromatic heterocycles. The molecule has 0 unspecified atom stereocenters. The molecule has 0 bridgehead atoms. The SMILES string of the molecule is CC(C)(C)[Si](O[C@@H]1C[C@@H](CC(=O)c2ccccc2)O[C@@H](c2ccccc2)C1)(c1ccccc1)c1ccccc1. The largest absolute Gasteiger partial charge is 0.404 e. The van der Waals surface area contributed by atoms with Gasteiger partial charge in [0.1, 0.15) is 0 Å². The first-order chi connectivity index (χ1) is 18.9. The highest BCUT2D eigenvalue weighted by Crippen LogP contribution is 2.41. The van der Waals surface area contributed by atoms with E-state index in [0.29, 0.717) is 12.8 Å². The monoisotopic (exact) mass is 534 g/mol. The van der Waals surface area contributed by atoms with Crippen LogP contribution in [0.2, 0.25) is 5.04 Å². The van der Waals surface area contributed by atoms with Crippen LogP contribution in [0.5, 0.6) is 0 Å². The highest BCUT2D eigenvalue weighted by atomic mass is 28.4. The standard InChI is InChI=1S/C35H38O3Si/c1-35(2,3)39(31-20-12-6-13-21-31,32-22-14-7-15-23-32)38-30-24-29(25-33(36)27-16-8-4-9-17-27)37-34(26-30)28-18-10-5-11-19-28/h4-23,29-30,34H,24-26H2,1-3H3/t29-,30+,34+/m0/s1. The smallest absolute Gasteiger partial charge is 0.261 e. The van der Waals surface area contributed by atoms with Crippen LogP contribution in [0.4, 0.5) is 0 Å². The van der Waals surface area contributed by atoms with Crippen LogP contribution >= 0.6 is 0 Å². The van der Waals surface area contributed by atoms with E-state index in [9.17, 15) is 4.79 Å². The third kappa shape index (κ3) is 5.99. The highest BCUT2D eigenvalue weighted by molar-refractivity contribution is 6.99. The van der Waals surface area contributed by atoms with Gasteiger partial charge < -0.3 is 9.16 Å². The average molecular weight is 535 g/mol. The maximum atomic E-state index is 13.2. The Kier molecular flexibility index (Phi) is 8.27. The summed E-state index contributed by atoms with van der Waals surface area (Å²) in [4.78, 5) is 13.2. The van der Waals surface area contributed by atoms with Gasteiger partial charge in [0, 0.05) is 18.4 Å². The Hall–Kier alpha value is -3.31. The van der Waals surface area contributed by atoms with Crippen LogP contribution in [0, 0.1) is 0 Å². The lowest BCUT2D eigenvalue weighted by molar-refractivity contribution is -0.0919. The Labute approximate surface area is 234 Å². The lowest BCUT2D eigenvalue weighted by atomic mass is 9.93. The fourth-order valence-electron chi connectivity index (χ4n) is 5.97. The van der Waals surface area contributed by atoms with Crippen LogP contribution in [-0.4, -0.2) is 26.3 Å². The molecule has 0 N–H and O–H groups in total. The zero-order valence-electron chi connectivity index (χ0n) is 23.1. The van der Waals surface area contributed by atoms with Gasteiger partial charge in [-0.2, -0.15) is 0 Å². The minimum atomic E-state index is -2.74. The van der Waals surface area contributed by atoms with Crippen molar-refractivity contribution < 1.29 is 14.0 Å². The van der Waals surface area contributed by atoms with E-state index in [4.69, 9.17) is 9.16 Å². The topological polar surface area (TPSA) is 35.5 Å². The van der Waals surface area contributed by atoms with Crippen LogP contribution < -0.4 is 10.4 Å². The van der Waals surface area contributed by atoms with Crippen molar-refractivity contribution in [3.05, 3.63) is 132 Å². The molecule has 5 rings (SSSR count). The number of carbonyl (C=O) groups excluding carboxylic acids is 1. The van der Waals surface area contributed by atoms with E-state index in [1.807, 2.05) is 36.4 Å². The van der Waals surface area contributed by atoms with Crippen molar-refractivity contribution in [1.82, 2.24) is 0 Å². The fraction of sp³-hybridized carbons (Fsp3) is 0.286. The molecule has 1 aliphatic heterocycles. The Morgan fingerprint density at radius 2 is 1.23 bits per heavy atom.